The molecule has 6 heteroatoms. The number of aliphatic imine (C=N–C) groups is 1. The van der Waals surface area contributed by atoms with Crippen LogP contribution in [0, 0.1) is 11.8 Å². The number of hydrogen-bond acceptors (Lipinski definition) is 3. The smallest absolute Gasteiger partial charge is 0.191 e. The monoisotopic (exact) mass is 452 g/mol. The maximum absolute atomic E-state index is 5.64. The zero-order valence-corrected chi connectivity index (χ0v) is 18.1. The van der Waals surface area contributed by atoms with E-state index in [0.717, 1.165) is 50.5 Å². The van der Waals surface area contributed by atoms with Gasteiger partial charge in [-0.2, -0.15) is 0 Å². The highest BCUT2D eigenvalue weighted by Crippen LogP contribution is 2.20. The van der Waals surface area contributed by atoms with Gasteiger partial charge in [0.25, 0.3) is 0 Å². The first-order valence-electron chi connectivity index (χ1n) is 9.53. The SMILES string of the molecule is CCNC(=NCC1CCCO1)NCCCN1CC(C)CC(C)C1.I. The number of piperidine rings is 1. The third-order valence-corrected chi connectivity index (χ3v) is 4.71. The molecule has 3 atom stereocenters. The maximum atomic E-state index is 5.64. The Morgan fingerprint density at radius 3 is 2.58 bits per heavy atom. The average Bonchev–Trinajstić information content (AvgIpc) is 3.01. The van der Waals surface area contributed by atoms with Gasteiger partial charge in [-0.15, -0.1) is 24.0 Å². The maximum Gasteiger partial charge on any atom is 0.191 e. The third-order valence-electron chi connectivity index (χ3n) is 4.71. The number of rotatable bonds is 7. The molecule has 142 valence electrons. The minimum Gasteiger partial charge on any atom is -0.376 e. The van der Waals surface area contributed by atoms with Gasteiger partial charge in [-0.25, -0.2) is 0 Å². The molecule has 2 saturated heterocycles. The fraction of sp³-hybridized carbons (Fsp3) is 0.944. The van der Waals surface area contributed by atoms with Gasteiger partial charge in [-0.1, -0.05) is 13.8 Å². The Bertz CT molecular complexity index is 351. The molecule has 24 heavy (non-hydrogen) atoms. The zero-order valence-electron chi connectivity index (χ0n) is 15.7. The van der Waals surface area contributed by atoms with Crippen molar-refractivity contribution in [3.05, 3.63) is 0 Å². The molecule has 3 unspecified atom stereocenters. The Kier molecular flexibility index (Phi) is 11.3. The van der Waals surface area contributed by atoms with Gasteiger partial charge in [-0.3, -0.25) is 4.99 Å². The Labute approximate surface area is 165 Å². The minimum atomic E-state index is 0. The summed E-state index contributed by atoms with van der Waals surface area (Å²) >= 11 is 0. The van der Waals surface area contributed by atoms with Crippen LogP contribution in [0.4, 0.5) is 0 Å². The molecule has 2 heterocycles. The van der Waals surface area contributed by atoms with E-state index in [4.69, 9.17) is 4.74 Å². The molecule has 0 aliphatic carbocycles. The van der Waals surface area contributed by atoms with Gasteiger partial charge >= 0.3 is 0 Å². The molecule has 0 aromatic heterocycles. The molecule has 2 rings (SSSR count). The summed E-state index contributed by atoms with van der Waals surface area (Å²) in [5.41, 5.74) is 0. The number of hydrogen-bond donors (Lipinski definition) is 2. The van der Waals surface area contributed by atoms with Crippen molar-refractivity contribution in [3.63, 3.8) is 0 Å². The summed E-state index contributed by atoms with van der Waals surface area (Å²) in [4.78, 5) is 7.28. The van der Waals surface area contributed by atoms with Crippen molar-refractivity contribution < 1.29 is 4.74 Å². The van der Waals surface area contributed by atoms with Crippen molar-refractivity contribution >= 4 is 29.9 Å². The van der Waals surface area contributed by atoms with Crippen molar-refractivity contribution in [2.24, 2.45) is 16.8 Å². The Hall–Kier alpha value is -0.0800. The van der Waals surface area contributed by atoms with E-state index < -0.39 is 0 Å². The number of nitrogens with one attached hydrogen (secondary N) is 2. The Morgan fingerprint density at radius 2 is 1.96 bits per heavy atom. The molecule has 0 aromatic carbocycles. The summed E-state index contributed by atoms with van der Waals surface area (Å²) in [5, 5.41) is 6.79. The Balaban J connectivity index is 0.00000288. The highest BCUT2D eigenvalue weighted by Gasteiger charge is 2.21. The predicted molar refractivity (Wildman–Crippen MR) is 112 cm³/mol. The van der Waals surface area contributed by atoms with E-state index in [1.807, 2.05) is 0 Å². The van der Waals surface area contributed by atoms with Gasteiger partial charge in [0, 0.05) is 32.8 Å². The van der Waals surface area contributed by atoms with Gasteiger partial charge in [0.1, 0.15) is 0 Å². The minimum absolute atomic E-state index is 0. The quantitative estimate of drug-likeness (QED) is 0.270. The molecular formula is C18H37IN4O. The van der Waals surface area contributed by atoms with Gasteiger partial charge in [0.15, 0.2) is 5.96 Å². The molecule has 0 aromatic rings. The third kappa shape index (κ3) is 8.34. The molecule has 0 spiro atoms. The van der Waals surface area contributed by atoms with Crippen LogP contribution in [0.25, 0.3) is 0 Å². The van der Waals surface area contributed by atoms with Crippen molar-refractivity contribution in [1.29, 1.82) is 0 Å². The number of guanidine groups is 1. The van der Waals surface area contributed by atoms with Crippen LogP contribution >= 0.6 is 24.0 Å². The topological polar surface area (TPSA) is 48.9 Å². The summed E-state index contributed by atoms with van der Waals surface area (Å²) in [7, 11) is 0. The molecular weight excluding hydrogens is 415 g/mol. The second-order valence-corrected chi connectivity index (χ2v) is 7.34. The van der Waals surface area contributed by atoms with Crippen LogP contribution in [0.15, 0.2) is 4.99 Å². The Morgan fingerprint density at radius 1 is 1.21 bits per heavy atom. The van der Waals surface area contributed by atoms with E-state index in [0.29, 0.717) is 6.10 Å². The summed E-state index contributed by atoms with van der Waals surface area (Å²) in [6.45, 7) is 14.1. The number of likely N-dealkylation sites (tertiary alicyclic amines) is 1. The molecule has 5 nitrogen and oxygen atoms in total. The molecule has 2 N–H and O–H groups in total. The second-order valence-electron chi connectivity index (χ2n) is 7.34. The number of nitrogens with zero attached hydrogens (tertiary/aromatic N) is 2. The molecule has 2 aliphatic rings. The van der Waals surface area contributed by atoms with Crippen LogP contribution in [-0.4, -0.2) is 62.8 Å². The van der Waals surface area contributed by atoms with Crippen LogP contribution in [0.2, 0.25) is 0 Å². The van der Waals surface area contributed by atoms with Gasteiger partial charge in [0.05, 0.1) is 12.6 Å². The van der Waals surface area contributed by atoms with E-state index >= 15 is 0 Å². The summed E-state index contributed by atoms with van der Waals surface area (Å²) in [5.74, 6) is 2.62. The average molecular weight is 452 g/mol. The summed E-state index contributed by atoms with van der Waals surface area (Å²) < 4.78 is 5.64. The lowest BCUT2D eigenvalue weighted by molar-refractivity contribution is 0.117. The first-order chi connectivity index (χ1) is 11.2. The molecule has 0 amide bonds. The largest absolute Gasteiger partial charge is 0.376 e. The van der Waals surface area contributed by atoms with Crippen molar-refractivity contribution in [2.45, 2.75) is 52.6 Å². The van der Waals surface area contributed by atoms with Crippen LogP contribution in [-0.2, 0) is 4.74 Å². The predicted octanol–water partition coefficient (Wildman–Crippen LogP) is 2.71. The zero-order chi connectivity index (χ0) is 16.5. The summed E-state index contributed by atoms with van der Waals surface area (Å²) in [6.07, 6.45) is 5.20. The molecule has 0 radical (unpaired) electrons. The number of halogens is 1. The second kappa shape index (κ2) is 12.3. The van der Waals surface area contributed by atoms with Gasteiger partial charge in [-0.05, 0) is 51.0 Å². The van der Waals surface area contributed by atoms with E-state index in [9.17, 15) is 0 Å². The van der Waals surface area contributed by atoms with Crippen LogP contribution in [0.5, 0.6) is 0 Å². The lowest BCUT2D eigenvalue weighted by Crippen LogP contribution is -2.42. The fourth-order valence-electron chi connectivity index (χ4n) is 3.81. The lowest BCUT2D eigenvalue weighted by Gasteiger charge is -2.35. The van der Waals surface area contributed by atoms with E-state index in [-0.39, 0.29) is 24.0 Å². The standard InChI is InChI=1S/C18H36N4O.HI/c1-4-19-18(21-12-17-7-5-10-23-17)20-8-6-9-22-13-15(2)11-16(3)14-22;/h15-17H,4-14H2,1-3H3,(H2,19,20,21);1H. The van der Waals surface area contributed by atoms with E-state index in [1.54, 1.807) is 0 Å². The normalized spacial score (nSPS) is 28.5. The van der Waals surface area contributed by atoms with Crippen molar-refractivity contribution in [1.82, 2.24) is 15.5 Å². The highest BCUT2D eigenvalue weighted by atomic mass is 127. The lowest BCUT2D eigenvalue weighted by atomic mass is 9.92. The molecule has 2 fully saturated rings. The molecule has 0 saturated carbocycles. The van der Waals surface area contributed by atoms with Crippen LogP contribution in [0.3, 0.4) is 0 Å². The van der Waals surface area contributed by atoms with E-state index in [2.05, 4.69) is 41.3 Å². The first kappa shape index (κ1) is 22.0. The number of ether oxygens (including phenoxy) is 1. The fourth-order valence-corrected chi connectivity index (χ4v) is 3.81. The first-order valence-corrected chi connectivity index (χ1v) is 9.53. The van der Waals surface area contributed by atoms with Crippen molar-refractivity contribution in [2.75, 3.05) is 45.9 Å². The molecule has 2 aliphatic heterocycles. The van der Waals surface area contributed by atoms with Crippen LogP contribution < -0.4 is 10.6 Å². The van der Waals surface area contributed by atoms with Crippen molar-refractivity contribution in [3.8, 4) is 0 Å². The molecule has 0 bridgehead atoms. The van der Waals surface area contributed by atoms with E-state index in [1.165, 1.54) is 38.9 Å². The van der Waals surface area contributed by atoms with Crippen LogP contribution in [0.1, 0.15) is 46.5 Å². The van der Waals surface area contributed by atoms with Gasteiger partial charge in [0.2, 0.25) is 0 Å². The van der Waals surface area contributed by atoms with Gasteiger partial charge < -0.3 is 20.3 Å². The highest BCUT2D eigenvalue weighted by molar-refractivity contribution is 14.0. The summed E-state index contributed by atoms with van der Waals surface area (Å²) in [6, 6.07) is 0.